The monoisotopic (exact) mass is 425 g/mol. The van der Waals surface area contributed by atoms with Gasteiger partial charge in [-0.25, -0.2) is 18.4 Å². The van der Waals surface area contributed by atoms with E-state index >= 15 is 0 Å². The molecule has 7 nitrogen and oxygen atoms in total. The fourth-order valence-corrected chi connectivity index (χ4v) is 4.08. The Morgan fingerprint density at radius 2 is 1.90 bits per heavy atom. The van der Waals surface area contributed by atoms with Gasteiger partial charge in [-0.1, -0.05) is 0 Å². The summed E-state index contributed by atoms with van der Waals surface area (Å²) in [6, 6.07) is 7.29. The topological polar surface area (TPSA) is 72.3 Å². The van der Waals surface area contributed by atoms with Gasteiger partial charge in [0.15, 0.2) is 17.3 Å². The van der Waals surface area contributed by atoms with Crippen LogP contribution in [0.3, 0.4) is 0 Å². The summed E-state index contributed by atoms with van der Waals surface area (Å²) in [5.74, 6) is -1.37. The molecule has 1 amide bonds. The van der Waals surface area contributed by atoms with E-state index in [4.69, 9.17) is 4.74 Å². The van der Waals surface area contributed by atoms with Crippen LogP contribution in [0.15, 0.2) is 36.5 Å². The van der Waals surface area contributed by atoms with Gasteiger partial charge in [0.05, 0.1) is 30.8 Å². The summed E-state index contributed by atoms with van der Waals surface area (Å²) in [5, 5.41) is 7.28. The molecule has 0 atom stereocenters. The van der Waals surface area contributed by atoms with E-state index < -0.39 is 11.6 Å². The SMILES string of the molecule is O=C(Nc1ccc(N2CCOCC2)nc1)c1nn(-c2ccc(F)c(F)c2)c2c1CCC2. The molecule has 0 saturated carbocycles. The highest BCUT2D eigenvalue weighted by Gasteiger charge is 2.27. The smallest absolute Gasteiger partial charge is 0.276 e. The molecule has 0 unspecified atom stereocenters. The molecule has 3 heterocycles. The van der Waals surface area contributed by atoms with E-state index in [1.165, 1.54) is 6.07 Å². The van der Waals surface area contributed by atoms with Crippen molar-refractivity contribution in [1.29, 1.82) is 0 Å². The average molecular weight is 425 g/mol. The van der Waals surface area contributed by atoms with Gasteiger partial charge in [0.25, 0.3) is 5.91 Å². The maximum absolute atomic E-state index is 13.7. The summed E-state index contributed by atoms with van der Waals surface area (Å²) in [4.78, 5) is 19.5. The third-order valence-electron chi connectivity index (χ3n) is 5.63. The number of aromatic nitrogens is 3. The number of nitrogens with one attached hydrogen (secondary N) is 1. The zero-order valence-electron chi connectivity index (χ0n) is 16.8. The number of hydrogen-bond donors (Lipinski definition) is 1. The molecule has 2 aromatic heterocycles. The maximum Gasteiger partial charge on any atom is 0.276 e. The van der Waals surface area contributed by atoms with Crippen LogP contribution in [-0.4, -0.2) is 47.0 Å². The number of morpholine rings is 1. The van der Waals surface area contributed by atoms with E-state index in [2.05, 4.69) is 20.3 Å². The molecule has 31 heavy (non-hydrogen) atoms. The molecule has 1 aliphatic heterocycles. The third kappa shape index (κ3) is 3.76. The van der Waals surface area contributed by atoms with Crippen molar-refractivity contribution in [2.45, 2.75) is 19.3 Å². The van der Waals surface area contributed by atoms with Crippen LogP contribution in [0.1, 0.15) is 28.2 Å². The van der Waals surface area contributed by atoms with Gasteiger partial charge in [-0.05, 0) is 43.5 Å². The summed E-state index contributed by atoms with van der Waals surface area (Å²) < 4.78 is 33.9. The summed E-state index contributed by atoms with van der Waals surface area (Å²) >= 11 is 0. The molecule has 160 valence electrons. The van der Waals surface area contributed by atoms with Crippen LogP contribution in [0, 0.1) is 11.6 Å². The number of benzene rings is 1. The van der Waals surface area contributed by atoms with Gasteiger partial charge >= 0.3 is 0 Å². The van der Waals surface area contributed by atoms with E-state index in [-0.39, 0.29) is 5.91 Å². The van der Waals surface area contributed by atoms with Crippen molar-refractivity contribution < 1.29 is 18.3 Å². The van der Waals surface area contributed by atoms with Crippen molar-refractivity contribution in [2.24, 2.45) is 0 Å². The second-order valence-electron chi connectivity index (χ2n) is 7.60. The van der Waals surface area contributed by atoms with Crippen LogP contribution in [0.4, 0.5) is 20.3 Å². The maximum atomic E-state index is 13.7. The zero-order valence-corrected chi connectivity index (χ0v) is 16.8. The van der Waals surface area contributed by atoms with Crippen molar-refractivity contribution in [3.05, 3.63) is 65.1 Å². The molecule has 1 N–H and O–H groups in total. The predicted octanol–water partition coefficient (Wildman–Crippen LogP) is 3.12. The minimum Gasteiger partial charge on any atom is -0.378 e. The summed E-state index contributed by atoms with van der Waals surface area (Å²) in [6.07, 6.45) is 3.95. The Kier molecular flexibility index (Phi) is 5.11. The van der Waals surface area contributed by atoms with Gasteiger partial charge in [-0.3, -0.25) is 4.79 Å². The van der Waals surface area contributed by atoms with E-state index in [0.717, 1.165) is 61.6 Å². The largest absolute Gasteiger partial charge is 0.378 e. The van der Waals surface area contributed by atoms with Crippen LogP contribution >= 0.6 is 0 Å². The lowest BCUT2D eigenvalue weighted by molar-refractivity contribution is 0.102. The van der Waals surface area contributed by atoms with Crippen LogP contribution in [0.2, 0.25) is 0 Å². The van der Waals surface area contributed by atoms with Crippen LogP contribution in [-0.2, 0) is 17.6 Å². The first-order valence-electron chi connectivity index (χ1n) is 10.3. The fraction of sp³-hybridized carbons (Fsp3) is 0.318. The van der Waals surface area contributed by atoms with Crippen molar-refractivity contribution in [1.82, 2.24) is 14.8 Å². The van der Waals surface area contributed by atoms with Gasteiger partial charge < -0.3 is 15.0 Å². The number of hydrogen-bond acceptors (Lipinski definition) is 5. The molecular formula is C22H21F2N5O2. The van der Waals surface area contributed by atoms with Gasteiger partial charge in [0, 0.05) is 30.4 Å². The predicted molar refractivity (Wildman–Crippen MR) is 111 cm³/mol. The van der Waals surface area contributed by atoms with Crippen molar-refractivity contribution in [3.8, 4) is 5.69 Å². The van der Waals surface area contributed by atoms with Crippen molar-refractivity contribution >= 4 is 17.4 Å². The van der Waals surface area contributed by atoms with Crippen LogP contribution < -0.4 is 10.2 Å². The highest BCUT2D eigenvalue weighted by Crippen LogP contribution is 2.29. The number of halogens is 2. The quantitative estimate of drug-likeness (QED) is 0.696. The van der Waals surface area contributed by atoms with E-state index in [1.807, 2.05) is 12.1 Å². The average Bonchev–Trinajstić information content (AvgIpc) is 3.40. The second kappa shape index (κ2) is 8.07. The number of rotatable bonds is 4. The highest BCUT2D eigenvalue weighted by atomic mass is 19.2. The number of fused-ring (bicyclic) bond motifs is 1. The first-order valence-corrected chi connectivity index (χ1v) is 10.3. The van der Waals surface area contributed by atoms with E-state index in [9.17, 15) is 13.6 Å². The molecule has 0 radical (unpaired) electrons. The number of amides is 1. The van der Waals surface area contributed by atoms with Crippen molar-refractivity contribution in [3.63, 3.8) is 0 Å². The fourth-order valence-electron chi connectivity index (χ4n) is 4.08. The molecule has 1 fully saturated rings. The Balaban J connectivity index is 1.38. The molecule has 0 spiro atoms. The number of ether oxygens (including phenoxy) is 1. The first kappa shape index (κ1) is 19.6. The molecule has 0 bridgehead atoms. The summed E-state index contributed by atoms with van der Waals surface area (Å²) in [7, 11) is 0. The summed E-state index contributed by atoms with van der Waals surface area (Å²) in [5.41, 5.74) is 2.97. The lowest BCUT2D eigenvalue weighted by Gasteiger charge is -2.27. The molecule has 1 aliphatic carbocycles. The van der Waals surface area contributed by atoms with E-state index in [1.54, 1.807) is 10.9 Å². The number of anilines is 2. The Bertz CT molecular complexity index is 1120. The normalized spacial score (nSPS) is 15.7. The van der Waals surface area contributed by atoms with Crippen molar-refractivity contribution in [2.75, 3.05) is 36.5 Å². The Hall–Kier alpha value is -3.33. The number of carbonyl (C=O) groups excluding carboxylic acids is 1. The molecule has 9 heteroatoms. The molecular weight excluding hydrogens is 404 g/mol. The summed E-state index contributed by atoms with van der Waals surface area (Å²) in [6.45, 7) is 2.91. The highest BCUT2D eigenvalue weighted by molar-refractivity contribution is 6.04. The number of pyridine rings is 1. The minimum absolute atomic E-state index is 0.300. The zero-order chi connectivity index (χ0) is 21.4. The van der Waals surface area contributed by atoms with Gasteiger partial charge in [-0.2, -0.15) is 5.10 Å². The lowest BCUT2D eigenvalue weighted by atomic mass is 10.2. The number of carbonyl (C=O) groups is 1. The van der Waals surface area contributed by atoms with Crippen LogP contribution in [0.25, 0.3) is 5.69 Å². The minimum atomic E-state index is -0.947. The molecule has 2 aliphatic rings. The lowest BCUT2D eigenvalue weighted by Crippen LogP contribution is -2.36. The Morgan fingerprint density at radius 1 is 1.06 bits per heavy atom. The van der Waals surface area contributed by atoms with Gasteiger partial charge in [-0.15, -0.1) is 0 Å². The van der Waals surface area contributed by atoms with Crippen LogP contribution in [0.5, 0.6) is 0 Å². The van der Waals surface area contributed by atoms with Gasteiger partial charge in [0.1, 0.15) is 5.82 Å². The Labute approximate surface area is 177 Å². The first-order chi connectivity index (χ1) is 15.1. The second-order valence-corrected chi connectivity index (χ2v) is 7.60. The van der Waals surface area contributed by atoms with Gasteiger partial charge in [0.2, 0.25) is 0 Å². The Morgan fingerprint density at radius 3 is 2.65 bits per heavy atom. The standard InChI is InChI=1S/C22H21F2N5O2/c23-17-6-5-15(12-18(17)24)29-19-3-1-2-16(19)21(27-29)22(30)26-14-4-7-20(25-13-14)28-8-10-31-11-9-28/h4-7,12-13H,1-3,8-11H2,(H,26,30). The molecule has 5 rings (SSSR count). The molecule has 1 saturated heterocycles. The van der Waals surface area contributed by atoms with E-state index in [0.29, 0.717) is 30.3 Å². The molecule has 3 aromatic rings. The number of nitrogens with zero attached hydrogens (tertiary/aromatic N) is 4. The third-order valence-corrected chi connectivity index (χ3v) is 5.63. The molecule has 1 aromatic carbocycles.